The Kier molecular flexibility index (Phi) is 3.72. The number of rotatable bonds is 3. The lowest BCUT2D eigenvalue weighted by Gasteiger charge is -2.27. The Bertz CT molecular complexity index is 452. The first-order valence-electron chi connectivity index (χ1n) is 7.45. The van der Waals surface area contributed by atoms with Gasteiger partial charge in [0.05, 0.1) is 0 Å². The second-order valence-corrected chi connectivity index (χ2v) is 5.63. The minimum absolute atomic E-state index is 0.355. The lowest BCUT2D eigenvalue weighted by molar-refractivity contribution is -0.130. The van der Waals surface area contributed by atoms with Crippen LogP contribution in [0.3, 0.4) is 0 Å². The van der Waals surface area contributed by atoms with Crippen molar-refractivity contribution in [3.05, 3.63) is 29.8 Å². The number of amides is 1. The predicted molar refractivity (Wildman–Crippen MR) is 77.3 cm³/mol. The number of nitrogens with zero attached hydrogens (tertiary/aromatic N) is 1. The molecule has 0 aromatic heterocycles. The fourth-order valence-electron chi connectivity index (χ4n) is 3.27. The van der Waals surface area contributed by atoms with Crippen LogP contribution < -0.4 is 5.32 Å². The van der Waals surface area contributed by atoms with Crippen LogP contribution in [-0.4, -0.2) is 30.4 Å². The van der Waals surface area contributed by atoms with Crippen molar-refractivity contribution < 1.29 is 4.79 Å². The maximum atomic E-state index is 12.1. The number of anilines is 1. The van der Waals surface area contributed by atoms with Gasteiger partial charge < -0.3 is 10.2 Å². The van der Waals surface area contributed by atoms with Gasteiger partial charge in [-0.15, -0.1) is 0 Å². The summed E-state index contributed by atoms with van der Waals surface area (Å²) in [5.41, 5.74) is 2.65. The molecule has 19 heavy (non-hydrogen) atoms. The highest BCUT2D eigenvalue weighted by Crippen LogP contribution is 2.34. The van der Waals surface area contributed by atoms with E-state index < -0.39 is 0 Å². The van der Waals surface area contributed by atoms with E-state index in [9.17, 15) is 4.79 Å². The lowest BCUT2D eigenvalue weighted by Crippen LogP contribution is -2.28. The van der Waals surface area contributed by atoms with E-state index in [1.54, 1.807) is 0 Å². The molecule has 3 rings (SSSR count). The van der Waals surface area contributed by atoms with Crippen molar-refractivity contribution in [2.24, 2.45) is 0 Å². The molecule has 102 valence electrons. The van der Waals surface area contributed by atoms with Gasteiger partial charge in [0, 0.05) is 31.7 Å². The minimum Gasteiger partial charge on any atom is -0.385 e. The number of hydrogen-bond acceptors (Lipinski definition) is 2. The van der Waals surface area contributed by atoms with E-state index >= 15 is 0 Å². The van der Waals surface area contributed by atoms with Crippen molar-refractivity contribution in [3.8, 4) is 0 Å². The van der Waals surface area contributed by atoms with Crippen molar-refractivity contribution >= 4 is 11.6 Å². The molecule has 1 aromatic rings. The SMILES string of the molecule is O=C(CCC1CCNc2ccccc21)N1CCCC1. The molecule has 3 nitrogen and oxygen atoms in total. The first-order chi connectivity index (χ1) is 9.34. The van der Waals surface area contributed by atoms with Gasteiger partial charge in [-0.1, -0.05) is 18.2 Å². The van der Waals surface area contributed by atoms with Crippen LogP contribution in [0, 0.1) is 0 Å². The first kappa shape index (κ1) is 12.5. The molecule has 1 saturated heterocycles. The van der Waals surface area contributed by atoms with E-state index in [4.69, 9.17) is 0 Å². The van der Waals surface area contributed by atoms with Gasteiger partial charge in [-0.05, 0) is 43.2 Å². The van der Waals surface area contributed by atoms with Gasteiger partial charge in [-0.3, -0.25) is 4.79 Å². The molecule has 3 heteroatoms. The summed E-state index contributed by atoms with van der Waals surface area (Å²) in [6.07, 6.45) is 5.21. The third-order valence-electron chi connectivity index (χ3n) is 4.37. The highest BCUT2D eigenvalue weighted by Gasteiger charge is 2.22. The summed E-state index contributed by atoms with van der Waals surface area (Å²) < 4.78 is 0. The summed E-state index contributed by atoms with van der Waals surface area (Å²) in [7, 11) is 0. The average molecular weight is 258 g/mol. The molecule has 0 bridgehead atoms. The number of likely N-dealkylation sites (tertiary alicyclic amines) is 1. The van der Waals surface area contributed by atoms with E-state index in [1.807, 2.05) is 4.90 Å². The second kappa shape index (κ2) is 5.64. The fourth-order valence-corrected chi connectivity index (χ4v) is 3.27. The van der Waals surface area contributed by atoms with Crippen LogP contribution >= 0.6 is 0 Å². The Morgan fingerprint density at radius 1 is 1.26 bits per heavy atom. The van der Waals surface area contributed by atoms with Gasteiger partial charge in [0.25, 0.3) is 0 Å². The molecule has 2 heterocycles. The highest BCUT2D eigenvalue weighted by molar-refractivity contribution is 5.76. The van der Waals surface area contributed by atoms with E-state index in [2.05, 4.69) is 29.6 Å². The van der Waals surface area contributed by atoms with Crippen LogP contribution in [0.25, 0.3) is 0 Å². The summed E-state index contributed by atoms with van der Waals surface area (Å²) in [5.74, 6) is 0.900. The largest absolute Gasteiger partial charge is 0.385 e. The van der Waals surface area contributed by atoms with Crippen LogP contribution in [0.1, 0.15) is 43.6 Å². The number of hydrogen-bond donors (Lipinski definition) is 1. The molecule has 0 radical (unpaired) electrons. The average Bonchev–Trinajstić information content (AvgIpc) is 2.99. The zero-order valence-electron chi connectivity index (χ0n) is 11.4. The summed E-state index contributed by atoms with van der Waals surface area (Å²) in [6.45, 7) is 2.98. The fraction of sp³-hybridized carbons (Fsp3) is 0.562. The molecule has 2 aliphatic rings. The monoisotopic (exact) mass is 258 g/mol. The minimum atomic E-state index is 0.355. The van der Waals surface area contributed by atoms with Gasteiger partial charge in [-0.2, -0.15) is 0 Å². The van der Waals surface area contributed by atoms with Crippen molar-refractivity contribution in [1.29, 1.82) is 0 Å². The van der Waals surface area contributed by atoms with Crippen molar-refractivity contribution in [3.63, 3.8) is 0 Å². The number of carbonyl (C=O) groups excluding carboxylic acids is 1. The summed E-state index contributed by atoms with van der Waals surface area (Å²) in [5, 5.41) is 3.44. The lowest BCUT2D eigenvalue weighted by atomic mass is 9.87. The Labute approximate surface area is 115 Å². The van der Waals surface area contributed by atoms with E-state index in [0.717, 1.165) is 32.5 Å². The normalized spacial score (nSPS) is 21.9. The Hall–Kier alpha value is -1.51. The summed E-state index contributed by atoms with van der Waals surface area (Å²) in [4.78, 5) is 14.1. The third kappa shape index (κ3) is 2.75. The Morgan fingerprint density at radius 3 is 2.89 bits per heavy atom. The molecule has 1 amide bonds. The van der Waals surface area contributed by atoms with Crippen molar-refractivity contribution in [2.75, 3.05) is 25.0 Å². The molecule has 1 atom stereocenters. The maximum absolute atomic E-state index is 12.1. The Morgan fingerprint density at radius 2 is 2.05 bits per heavy atom. The van der Waals surface area contributed by atoms with Gasteiger partial charge in [0.15, 0.2) is 0 Å². The molecular weight excluding hydrogens is 236 g/mol. The van der Waals surface area contributed by atoms with Crippen LogP contribution in [0.4, 0.5) is 5.69 Å². The number of nitrogens with one attached hydrogen (secondary N) is 1. The zero-order chi connectivity index (χ0) is 13.1. The highest BCUT2D eigenvalue weighted by atomic mass is 16.2. The molecule has 2 aliphatic heterocycles. The molecule has 1 unspecified atom stereocenters. The standard InChI is InChI=1S/C16H22N2O/c19-16(18-11-3-4-12-18)8-7-13-9-10-17-15-6-2-1-5-14(13)15/h1-2,5-6,13,17H,3-4,7-12H2. The van der Waals surface area contributed by atoms with Crippen molar-refractivity contribution in [2.45, 2.75) is 38.0 Å². The predicted octanol–water partition coefficient (Wildman–Crippen LogP) is 2.99. The second-order valence-electron chi connectivity index (χ2n) is 5.63. The molecule has 1 N–H and O–H groups in total. The van der Waals surface area contributed by atoms with Gasteiger partial charge in [-0.25, -0.2) is 0 Å². The topological polar surface area (TPSA) is 32.3 Å². The van der Waals surface area contributed by atoms with Crippen LogP contribution in [0.15, 0.2) is 24.3 Å². The number of para-hydroxylation sites is 1. The van der Waals surface area contributed by atoms with E-state index in [1.165, 1.54) is 24.1 Å². The molecular formula is C16H22N2O. The van der Waals surface area contributed by atoms with E-state index in [-0.39, 0.29) is 0 Å². The van der Waals surface area contributed by atoms with Crippen LogP contribution in [0.2, 0.25) is 0 Å². The molecule has 1 aromatic carbocycles. The van der Waals surface area contributed by atoms with Gasteiger partial charge in [0.2, 0.25) is 5.91 Å². The zero-order valence-corrected chi connectivity index (χ0v) is 11.4. The molecule has 1 fully saturated rings. The Balaban J connectivity index is 1.60. The first-order valence-corrected chi connectivity index (χ1v) is 7.45. The number of benzene rings is 1. The smallest absolute Gasteiger partial charge is 0.222 e. The molecule has 0 spiro atoms. The van der Waals surface area contributed by atoms with E-state index in [0.29, 0.717) is 18.2 Å². The summed E-state index contributed by atoms with van der Waals surface area (Å²) in [6, 6.07) is 8.51. The quantitative estimate of drug-likeness (QED) is 0.904. The van der Waals surface area contributed by atoms with Gasteiger partial charge in [0.1, 0.15) is 0 Å². The number of carbonyl (C=O) groups is 1. The molecule has 0 aliphatic carbocycles. The molecule has 0 saturated carbocycles. The number of fused-ring (bicyclic) bond motifs is 1. The maximum Gasteiger partial charge on any atom is 0.222 e. The van der Waals surface area contributed by atoms with Crippen LogP contribution in [-0.2, 0) is 4.79 Å². The van der Waals surface area contributed by atoms with Crippen LogP contribution in [0.5, 0.6) is 0 Å². The third-order valence-corrected chi connectivity index (χ3v) is 4.37. The van der Waals surface area contributed by atoms with Gasteiger partial charge >= 0.3 is 0 Å². The van der Waals surface area contributed by atoms with Crippen molar-refractivity contribution in [1.82, 2.24) is 4.90 Å². The summed E-state index contributed by atoms with van der Waals surface area (Å²) >= 11 is 0.